The van der Waals surface area contributed by atoms with Crippen LogP contribution in [0.1, 0.15) is 0 Å². The van der Waals surface area contributed by atoms with Gasteiger partial charge < -0.3 is 0 Å². The molecule has 0 radical (unpaired) electrons. The Kier molecular flexibility index (Phi) is 6.07. The first-order valence-corrected chi connectivity index (χ1v) is 10.3. The normalized spacial score (nSPS) is 13.2. The maximum Gasteiger partial charge on any atom is 0.522 e. The molecule has 0 atom stereocenters. The number of halogens is 3. The Bertz CT molecular complexity index is 1070. The Morgan fingerprint density at radius 1 is 0.692 bits per heavy atom. The van der Waals surface area contributed by atoms with Crippen LogP contribution in [0, 0.1) is 0 Å². The molecule has 0 aromatic heterocycles. The zero-order chi connectivity index (χ0) is 20.6. The number of rotatable bonds is 2. The summed E-state index contributed by atoms with van der Waals surface area (Å²) >= 11 is 0. The van der Waals surface area contributed by atoms with Crippen molar-refractivity contribution in [2.45, 2.75) is 15.3 Å². The third-order valence-corrected chi connectivity index (χ3v) is 5.05. The summed E-state index contributed by atoms with van der Waals surface area (Å²) in [5, 5.41) is 0.0465. The molecule has 0 bridgehead atoms. The zero-order valence-electron chi connectivity index (χ0n) is 12.1. The average molecular weight is 438 g/mol. The summed E-state index contributed by atoms with van der Waals surface area (Å²) in [7, 11) is -15.0. The van der Waals surface area contributed by atoms with Crippen molar-refractivity contribution in [3.8, 4) is 0 Å². The van der Waals surface area contributed by atoms with Crippen molar-refractivity contribution in [1.82, 2.24) is 0 Å². The molecule has 2 aromatic rings. The second-order valence-corrected chi connectivity index (χ2v) is 8.67. The summed E-state index contributed by atoms with van der Waals surface area (Å²) in [6.07, 6.45) is 0. The standard InChI is InChI=1S/C10H8O6S2.CHF3O3S/c11-17(12,13)8-5-1-3-7-4-2-6-9(10(7)8)18(14,15)16;2-1(3,4)8(5,6)7/h1-6H,(H,11,12,13)(H,14,15,16);(H,5,6,7). The first-order valence-electron chi connectivity index (χ1n) is 5.97. The number of benzene rings is 2. The SMILES string of the molecule is O=S(=O)(O)C(F)(F)F.O=S(=O)(O)c1cccc2cccc(S(=O)(=O)O)c12. The number of alkyl halides is 3. The predicted molar refractivity (Wildman–Crippen MR) is 81.2 cm³/mol. The highest BCUT2D eigenvalue weighted by Crippen LogP contribution is 2.29. The van der Waals surface area contributed by atoms with E-state index in [-0.39, 0.29) is 10.8 Å². The third-order valence-electron chi connectivity index (χ3n) is 2.68. The minimum Gasteiger partial charge on any atom is -0.282 e. The van der Waals surface area contributed by atoms with Gasteiger partial charge in [-0.05, 0) is 17.5 Å². The fraction of sp³-hybridized carbons (Fsp3) is 0.0909. The minimum absolute atomic E-state index is 0.231. The van der Waals surface area contributed by atoms with Crippen LogP contribution in [-0.2, 0) is 30.4 Å². The molecule has 0 spiro atoms. The van der Waals surface area contributed by atoms with Crippen molar-refractivity contribution in [3.05, 3.63) is 36.4 Å². The Hall–Kier alpha value is -1.78. The lowest BCUT2D eigenvalue weighted by atomic mass is 10.1. The lowest BCUT2D eigenvalue weighted by molar-refractivity contribution is -0.0510. The highest BCUT2D eigenvalue weighted by molar-refractivity contribution is 7.87. The summed E-state index contributed by atoms with van der Waals surface area (Å²) in [6, 6.07) is 7.79. The van der Waals surface area contributed by atoms with Crippen LogP contribution in [-0.4, -0.2) is 44.4 Å². The fourth-order valence-electron chi connectivity index (χ4n) is 1.70. The Labute approximate surface area is 145 Å². The summed E-state index contributed by atoms with van der Waals surface area (Å²) in [4.78, 5) is -1.12. The van der Waals surface area contributed by atoms with E-state index >= 15 is 0 Å². The van der Waals surface area contributed by atoms with Gasteiger partial charge in [0.25, 0.3) is 20.2 Å². The van der Waals surface area contributed by atoms with Gasteiger partial charge in [-0.1, -0.05) is 24.3 Å². The highest BCUT2D eigenvalue weighted by Gasteiger charge is 2.44. The van der Waals surface area contributed by atoms with Gasteiger partial charge in [0.2, 0.25) is 0 Å². The van der Waals surface area contributed by atoms with Crippen LogP contribution < -0.4 is 0 Å². The smallest absolute Gasteiger partial charge is 0.282 e. The Morgan fingerprint density at radius 3 is 1.23 bits per heavy atom. The predicted octanol–water partition coefficient (Wildman–Crippen LogP) is 1.73. The van der Waals surface area contributed by atoms with E-state index in [1.165, 1.54) is 24.3 Å². The molecule has 9 nitrogen and oxygen atoms in total. The number of fused-ring (bicyclic) bond motifs is 1. The van der Waals surface area contributed by atoms with Gasteiger partial charge in [-0.2, -0.15) is 38.4 Å². The molecular weight excluding hydrogens is 429 g/mol. The fourth-order valence-corrected chi connectivity index (χ4v) is 3.24. The van der Waals surface area contributed by atoms with Gasteiger partial charge in [0.15, 0.2) is 0 Å². The van der Waals surface area contributed by atoms with Gasteiger partial charge in [0, 0.05) is 5.39 Å². The molecule has 0 saturated carbocycles. The van der Waals surface area contributed by atoms with Crippen LogP contribution in [0.5, 0.6) is 0 Å². The van der Waals surface area contributed by atoms with E-state index in [1.807, 2.05) is 0 Å². The van der Waals surface area contributed by atoms with E-state index in [0.29, 0.717) is 0 Å². The molecule has 0 aliphatic rings. The summed E-state index contributed by atoms with van der Waals surface area (Å²) < 4.78 is 121. The molecule has 0 aliphatic heterocycles. The van der Waals surface area contributed by atoms with Crippen LogP contribution in [0.25, 0.3) is 10.8 Å². The van der Waals surface area contributed by atoms with Crippen LogP contribution in [0.4, 0.5) is 13.2 Å². The lowest BCUT2D eigenvalue weighted by Crippen LogP contribution is -2.21. The van der Waals surface area contributed by atoms with Crippen LogP contribution in [0.15, 0.2) is 46.2 Å². The molecule has 0 unspecified atom stereocenters. The largest absolute Gasteiger partial charge is 0.522 e. The van der Waals surface area contributed by atoms with E-state index < -0.39 is 45.7 Å². The third kappa shape index (κ3) is 5.36. The van der Waals surface area contributed by atoms with E-state index in [1.54, 1.807) is 0 Å². The van der Waals surface area contributed by atoms with E-state index in [9.17, 15) is 30.0 Å². The number of hydrogen-bond acceptors (Lipinski definition) is 6. The lowest BCUT2D eigenvalue weighted by Gasteiger charge is -2.07. The molecule has 0 fully saturated rings. The van der Waals surface area contributed by atoms with Gasteiger partial charge in [-0.3, -0.25) is 13.7 Å². The van der Waals surface area contributed by atoms with Crippen LogP contribution in [0.2, 0.25) is 0 Å². The summed E-state index contributed by atoms with van der Waals surface area (Å²) in [5.74, 6) is 0. The Balaban J connectivity index is 0.000000359. The zero-order valence-corrected chi connectivity index (χ0v) is 14.6. The molecule has 2 rings (SSSR count). The van der Waals surface area contributed by atoms with Crippen LogP contribution >= 0.6 is 0 Å². The minimum atomic E-state index is -5.84. The van der Waals surface area contributed by atoms with Crippen LogP contribution in [0.3, 0.4) is 0 Å². The second-order valence-electron chi connectivity index (χ2n) is 4.48. The molecule has 146 valence electrons. The van der Waals surface area contributed by atoms with Gasteiger partial charge in [-0.25, -0.2) is 0 Å². The van der Waals surface area contributed by atoms with Crippen molar-refractivity contribution in [3.63, 3.8) is 0 Å². The summed E-state index contributed by atoms with van der Waals surface area (Å²) in [5.41, 5.74) is -5.53. The second kappa shape index (κ2) is 7.09. The molecule has 2 aromatic carbocycles. The Morgan fingerprint density at radius 2 is 1.00 bits per heavy atom. The van der Waals surface area contributed by atoms with Crippen molar-refractivity contribution in [2.24, 2.45) is 0 Å². The molecule has 0 heterocycles. The van der Waals surface area contributed by atoms with Crippen molar-refractivity contribution in [2.75, 3.05) is 0 Å². The maximum atomic E-state index is 11.2. The van der Waals surface area contributed by atoms with E-state index in [4.69, 9.17) is 22.1 Å². The first kappa shape index (κ1) is 22.3. The molecule has 26 heavy (non-hydrogen) atoms. The molecule has 0 saturated heterocycles. The van der Waals surface area contributed by atoms with Gasteiger partial charge in [-0.15, -0.1) is 0 Å². The number of hydrogen-bond donors (Lipinski definition) is 3. The molecular formula is C11H9F3O9S3. The van der Waals surface area contributed by atoms with Gasteiger partial charge >= 0.3 is 15.6 Å². The summed E-state index contributed by atoms with van der Waals surface area (Å²) in [6.45, 7) is 0. The molecule has 0 amide bonds. The molecule has 15 heteroatoms. The topological polar surface area (TPSA) is 163 Å². The molecule has 0 aliphatic carbocycles. The first-order chi connectivity index (χ1) is 11.5. The van der Waals surface area contributed by atoms with Crippen molar-refractivity contribution < 1.29 is 52.1 Å². The van der Waals surface area contributed by atoms with Gasteiger partial charge in [0.05, 0.1) is 0 Å². The quantitative estimate of drug-likeness (QED) is 0.468. The van der Waals surface area contributed by atoms with Crippen molar-refractivity contribution in [1.29, 1.82) is 0 Å². The molecule has 3 N–H and O–H groups in total. The maximum absolute atomic E-state index is 11.2. The van der Waals surface area contributed by atoms with Gasteiger partial charge in [0.1, 0.15) is 9.79 Å². The van der Waals surface area contributed by atoms with E-state index in [0.717, 1.165) is 12.1 Å². The monoisotopic (exact) mass is 438 g/mol. The van der Waals surface area contributed by atoms with Crippen molar-refractivity contribution >= 4 is 41.1 Å². The van der Waals surface area contributed by atoms with E-state index in [2.05, 4.69) is 0 Å². The highest BCUT2D eigenvalue weighted by atomic mass is 32.2. The average Bonchev–Trinajstić information content (AvgIpc) is 2.42.